The number of urea groups is 1. The lowest BCUT2D eigenvalue weighted by Crippen LogP contribution is -2.70. The van der Waals surface area contributed by atoms with Crippen molar-refractivity contribution in [1.29, 1.82) is 0 Å². The molecule has 1 spiro atoms. The highest BCUT2D eigenvalue weighted by Crippen LogP contribution is 2.57. The van der Waals surface area contributed by atoms with Crippen LogP contribution in [0.1, 0.15) is 48.4 Å². The Morgan fingerprint density at radius 1 is 1.18 bits per heavy atom. The van der Waals surface area contributed by atoms with Crippen LogP contribution >= 0.6 is 0 Å². The van der Waals surface area contributed by atoms with Gasteiger partial charge >= 0.3 is 6.03 Å². The van der Waals surface area contributed by atoms with Gasteiger partial charge in [-0.2, -0.15) is 0 Å². The summed E-state index contributed by atoms with van der Waals surface area (Å²) in [5.74, 6) is 0.563. The van der Waals surface area contributed by atoms with Crippen LogP contribution < -0.4 is 4.90 Å². The van der Waals surface area contributed by atoms with Crippen molar-refractivity contribution in [3.05, 3.63) is 59.4 Å². The molecule has 0 unspecified atom stereocenters. The second-order valence-electron chi connectivity index (χ2n) is 11.1. The van der Waals surface area contributed by atoms with Gasteiger partial charge in [-0.05, 0) is 63.9 Å². The van der Waals surface area contributed by atoms with Gasteiger partial charge in [-0.3, -0.25) is 14.8 Å². The Morgan fingerprint density at radius 2 is 1.88 bits per heavy atom. The molecule has 2 aromatic rings. The Balaban J connectivity index is 1.34. The minimum Gasteiger partial charge on any atom is -0.374 e. The topological polar surface area (TPSA) is 48.9 Å². The van der Waals surface area contributed by atoms with Gasteiger partial charge in [-0.25, -0.2) is 9.18 Å². The summed E-state index contributed by atoms with van der Waals surface area (Å²) in [6.45, 7) is 2.79. The number of aromatic nitrogens is 1. The van der Waals surface area contributed by atoms with Gasteiger partial charge in [0.25, 0.3) is 0 Å². The number of carbonyl (C=O) groups is 1. The molecule has 2 aliphatic carbocycles. The zero-order valence-electron chi connectivity index (χ0n) is 20.3. The van der Waals surface area contributed by atoms with E-state index in [9.17, 15) is 4.79 Å². The van der Waals surface area contributed by atoms with Crippen LogP contribution in [0.5, 0.6) is 0 Å². The fourth-order valence-corrected chi connectivity index (χ4v) is 6.24. The standard InChI is InChI=1S/C27H33FN4O2/c1-19-11-22(20-9-10-20)29-12-23(19)31-16-26(32(24(31)33)15-25(28)17-34-18-25)13-27(14-26,30(2)3)21-7-5-4-6-8-21/h4-8,11-12,20H,9-10,13-18H2,1-3H3/t26-,27+. The summed E-state index contributed by atoms with van der Waals surface area (Å²) in [7, 11) is 4.19. The molecule has 7 heteroatoms. The number of ether oxygens (including phenoxy) is 1. The predicted molar refractivity (Wildman–Crippen MR) is 129 cm³/mol. The number of amides is 2. The van der Waals surface area contributed by atoms with Gasteiger partial charge in [-0.1, -0.05) is 30.3 Å². The molecule has 4 aliphatic rings. The zero-order valence-corrected chi connectivity index (χ0v) is 20.3. The summed E-state index contributed by atoms with van der Waals surface area (Å²) in [4.78, 5) is 24.4. The summed E-state index contributed by atoms with van der Waals surface area (Å²) in [5.41, 5.74) is 2.19. The first-order valence-corrected chi connectivity index (χ1v) is 12.3. The molecule has 0 bridgehead atoms. The maximum absolute atomic E-state index is 15.3. The van der Waals surface area contributed by atoms with Gasteiger partial charge in [-0.15, -0.1) is 0 Å². The molecule has 1 aromatic carbocycles. The van der Waals surface area contributed by atoms with Crippen molar-refractivity contribution >= 4 is 11.7 Å². The third kappa shape index (κ3) is 3.28. The number of hydrogen-bond donors (Lipinski definition) is 0. The fourth-order valence-electron chi connectivity index (χ4n) is 6.24. The summed E-state index contributed by atoms with van der Waals surface area (Å²) < 4.78 is 20.5. The van der Waals surface area contributed by atoms with E-state index in [1.165, 1.54) is 18.4 Å². The molecule has 180 valence electrons. The van der Waals surface area contributed by atoms with Crippen molar-refractivity contribution in [1.82, 2.24) is 14.8 Å². The van der Waals surface area contributed by atoms with Gasteiger partial charge in [0.05, 0.1) is 49.3 Å². The number of alkyl halides is 1. The average Bonchev–Trinajstić information content (AvgIpc) is 3.58. The first-order chi connectivity index (χ1) is 16.3. The number of carbonyl (C=O) groups excluding carboxylic acids is 1. The molecule has 2 aliphatic heterocycles. The first-order valence-electron chi connectivity index (χ1n) is 12.3. The van der Waals surface area contributed by atoms with Crippen molar-refractivity contribution in [2.24, 2.45) is 0 Å². The van der Waals surface area contributed by atoms with Crippen LogP contribution in [0.3, 0.4) is 0 Å². The molecule has 0 atom stereocenters. The van der Waals surface area contributed by atoms with E-state index in [1.54, 1.807) is 0 Å². The lowest BCUT2D eigenvalue weighted by molar-refractivity contribution is -0.155. The van der Waals surface area contributed by atoms with Crippen LogP contribution in [-0.4, -0.2) is 72.4 Å². The molecule has 2 amide bonds. The number of pyridine rings is 1. The second-order valence-corrected chi connectivity index (χ2v) is 11.1. The van der Waals surface area contributed by atoms with Crippen molar-refractivity contribution < 1.29 is 13.9 Å². The monoisotopic (exact) mass is 464 g/mol. The van der Waals surface area contributed by atoms with Crippen molar-refractivity contribution in [3.8, 4) is 0 Å². The van der Waals surface area contributed by atoms with E-state index in [0.29, 0.717) is 12.5 Å². The minimum absolute atomic E-state index is 0.0566. The van der Waals surface area contributed by atoms with E-state index in [1.807, 2.05) is 22.1 Å². The molecule has 2 saturated heterocycles. The van der Waals surface area contributed by atoms with Gasteiger partial charge in [0, 0.05) is 11.6 Å². The third-order valence-electron chi connectivity index (χ3n) is 8.45. The van der Waals surface area contributed by atoms with E-state index in [4.69, 9.17) is 4.74 Å². The molecular weight excluding hydrogens is 431 g/mol. The number of anilines is 1. The van der Waals surface area contributed by atoms with Crippen LogP contribution in [-0.2, 0) is 10.3 Å². The van der Waals surface area contributed by atoms with Crippen molar-refractivity contribution in [3.63, 3.8) is 0 Å². The second kappa shape index (κ2) is 7.49. The van der Waals surface area contributed by atoms with Crippen LogP contribution in [0.4, 0.5) is 14.9 Å². The van der Waals surface area contributed by atoms with E-state index in [0.717, 1.165) is 29.8 Å². The van der Waals surface area contributed by atoms with Crippen LogP contribution in [0.15, 0.2) is 42.6 Å². The van der Waals surface area contributed by atoms with Gasteiger partial charge in [0.15, 0.2) is 5.67 Å². The summed E-state index contributed by atoms with van der Waals surface area (Å²) in [6, 6.07) is 12.5. The normalized spacial score (nSPS) is 30.1. The molecule has 4 fully saturated rings. The van der Waals surface area contributed by atoms with Gasteiger partial charge < -0.3 is 9.64 Å². The quantitative estimate of drug-likeness (QED) is 0.642. The number of hydrogen-bond acceptors (Lipinski definition) is 4. The predicted octanol–water partition coefficient (Wildman–Crippen LogP) is 4.24. The van der Waals surface area contributed by atoms with E-state index in [-0.39, 0.29) is 31.3 Å². The van der Waals surface area contributed by atoms with Gasteiger partial charge in [0.1, 0.15) is 0 Å². The van der Waals surface area contributed by atoms with E-state index >= 15 is 4.39 Å². The molecule has 1 aromatic heterocycles. The van der Waals surface area contributed by atoms with Gasteiger partial charge in [0.2, 0.25) is 0 Å². The molecule has 0 radical (unpaired) electrons. The molecular formula is C27H33FN4O2. The summed E-state index contributed by atoms with van der Waals surface area (Å²) in [6.07, 6.45) is 5.77. The molecule has 3 heterocycles. The summed E-state index contributed by atoms with van der Waals surface area (Å²) in [5, 5.41) is 0. The summed E-state index contributed by atoms with van der Waals surface area (Å²) >= 11 is 0. The fraction of sp³-hybridized carbons (Fsp3) is 0.556. The molecule has 34 heavy (non-hydrogen) atoms. The number of aryl methyl sites for hydroxylation is 1. The number of rotatable bonds is 6. The first kappa shape index (κ1) is 22.0. The zero-order chi connectivity index (χ0) is 23.7. The molecule has 6 rings (SSSR count). The number of nitrogens with zero attached hydrogens (tertiary/aromatic N) is 4. The smallest absolute Gasteiger partial charge is 0.325 e. The molecule has 0 N–H and O–H groups in total. The number of benzene rings is 1. The number of halogens is 1. The van der Waals surface area contributed by atoms with Crippen LogP contribution in [0, 0.1) is 6.92 Å². The maximum Gasteiger partial charge on any atom is 0.325 e. The Hall–Kier alpha value is -2.51. The lowest BCUT2D eigenvalue weighted by atomic mass is 9.58. The molecule has 6 nitrogen and oxygen atoms in total. The van der Waals surface area contributed by atoms with E-state index in [2.05, 4.69) is 61.2 Å². The van der Waals surface area contributed by atoms with Crippen LogP contribution in [0.2, 0.25) is 0 Å². The molecule has 2 saturated carbocycles. The SMILES string of the molecule is Cc1cc(C2CC2)ncc1N1C[C@]2(C[C@](c3ccccc3)(N(C)C)C2)N(CC2(F)COC2)C1=O. The Bertz CT molecular complexity index is 1110. The highest BCUT2D eigenvalue weighted by molar-refractivity contribution is 5.96. The lowest BCUT2D eigenvalue weighted by Gasteiger charge is -2.61. The minimum atomic E-state index is -1.47. The average molecular weight is 465 g/mol. The van der Waals surface area contributed by atoms with Crippen molar-refractivity contribution in [2.45, 2.75) is 55.3 Å². The van der Waals surface area contributed by atoms with Crippen molar-refractivity contribution in [2.75, 3.05) is 45.3 Å². The maximum atomic E-state index is 15.3. The Labute approximate surface area is 200 Å². The van der Waals surface area contributed by atoms with E-state index < -0.39 is 11.2 Å². The Kier molecular flexibility index (Phi) is 4.84. The highest BCUT2D eigenvalue weighted by Gasteiger charge is 2.66. The van der Waals surface area contributed by atoms with Crippen LogP contribution in [0.25, 0.3) is 0 Å². The third-order valence-corrected chi connectivity index (χ3v) is 8.45. The highest BCUT2D eigenvalue weighted by atomic mass is 19.1. The largest absolute Gasteiger partial charge is 0.374 e. The Morgan fingerprint density at radius 3 is 2.44 bits per heavy atom.